The van der Waals surface area contributed by atoms with E-state index >= 15 is 0 Å². The summed E-state index contributed by atoms with van der Waals surface area (Å²) in [5, 5.41) is 2.69. The van der Waals surface area contributed by atoms with Crippen molar-refractivity contribution in [2.75, 3.05) is 36.4 Å². The lowest BCUT2D eigenvalue weighted by Crippen LogP contribution is -2.51. The third-order valence-electron chi connectivity index (χ3n) is 4.13. The molecule has 1 aromatic heterocycles. The molecule has 6 nitrogen and oxygen atoms in total. The third kappa shape index (κ3) is 3.53. The number of benzene rings is 1. The summed E-state index contributed by atoms with van der Waals surface area (Å²) < 4.78 is 0. The summed E-state index contributed by atoms with van der Waals surface area (Å²) in [4.78, 5) is 32.5. The molecule has 1 aliphatic heterocycles. The summed E-state index contributed by atoms with van der Waals surface area (Å²) in [6, 6.07) is 13.2. The molecule has 1 saturated heterocycles. The first-order valence-electron chi connectivity index (χ1n) is 7.97. The number of aromatic nitrogens is 1. The van der Waals surface area contributed by atoms with Gasteiger partial charge < -0.3 is 15.1 Å². The Morgan fingerprint density at radius 3 is 2.38 bits per heavy atom. The van der Waals surface area contributed by atoms with Crippen LogP contribution in [0.1, 0.15) is 5.56 Å². The van der Waals surface area contributed by atoms with Gasteiger partial charge in [-0.05, 0) is 30.7 Å². The van der Waals surface area contributed by atoms with Gasteiger partial charge in [-0.1, -0.05) is 24.3 Å². The number of hydrogen-bond donors (Lipinski definition) is 1. The predicted molar refractivity (Wildman–Crippen MR) is 92.8 cm³/mol. The maximum Gasteiger partial charge on any atom is 0.313 e. The van der Waals surface area contributed by atoms with Crippen LogP contribution in [-0.2, 0) is 9.59 Å². The number of nitrogens with one attached hydrogen (secondary N) is 1. The summed E-state index contributed by atoms with van der Waals surface area (Å²) in [6.45, 7) is 4.25. The van der Waals surface area contributed by atoms with E-state index in [-0.39, 0.29) is 0 Å². The molecule has 1 N–H and O–H groups in total. The fraction of sp³-hybridized carbons (Fsp3) is 0.278. The Balaban J connectivity index is 1.57. The molecule has 0 bridgehead atoms. The van der Waals surface area contributed by atoms with Gasteiger partial charge in [0.2, 0.25) is 0 Å². The van der Waals surface area contributed by atoms with Crippen molar-refractivity contribution in [3.8, 4) is 0 Å². The van der Waals surface area contributed by atoms with Crippen LogP contribution in [0.2, 0.25) is 0 Å². The number of pyridine rings is 1. The lowest BCUT2D eigenvalue weighted by atomic mass is 10.2. The van der Waals surface area contributed by atoms with Gasteiger partial charge in [0, 0.05) is 38.1 Å². The highest BCUT2D eigenvalue weighted by molar-refractivity contribution is 6.39. The molecule has 124 valence electrons. The van der Waals surface area contributed by atoms with Crippen molar-refractivity contribution >= 4 is 23.3 Å². The SMILES string of the molecule is Cc1ccccc1NC(=O)C(=O)N1CCN(c2ccccn2)CC1. The van der Waals surface area contributed by atoms with Crippen LogP contribution in [0.3, 0.4) is 0 Å². The third-order valence-corrected chi connectivity index (χ3v) is 4.13. The fourth-order valence-corrected chi connectivity index (χ4v) is 2.71. The van der Waals surface area contributed by atoms with Crippen LogP contribution in [0.25, 0.3) is 0 Å². The number of amides is 2. The van der Waals surface area contributed by atoms with E-state index < -0.39 is 11.8 Å². The average Bonchev–Trinajstić information content (AvgIpc) is 2.64. The molecule has 6 heteroatoms. The van der Waals surface area contributed by atoms with Crippen molar-refractivity contribution in [1.29, 1.82) is 0 Å². The number of hydrogen-bond acceptors (Lipinski definition) is 4. The largest absolute Gasteiger partial charge is 0.353 e. The number of nitrogens with zero attached hydrogens (tertiary/aromatic N) is 3. The molecule has 1 aliphatic rings. The van der Waals surface area contributed by atoms with Crippen molar-refractivity contribution < 1.29 is 9.59 Å². The average molecular weight is 324 g/mol. The molecule has 2 heterocycles. The Hall–Kier alpha value is -2.89. The van der Waals surface area contributed by atoms with Gasteiger partial charge in [0.15, 0.2) is 0 Å². The second-order valence-electron chi connectivity index (χ2n) is 5.74. The lowest BCUT2D eigenvalue weighted by molar-refractivity contribution is -0.143. The Morgan fingerprint density at radius 2 is 1.71 bits per heavy atom. The van der Waals surface area contributed by atoms with E-state index in [1.54, 1.807) is 17.2 Å². The number of carbonyl (C=O) groups is 2. The standard InChI is InChI=1S/C18H20N4O2/c1-14-6-2-3-7-15(14)20-17(23)18(24)22-12-10-21(11-13-22)16-8-4-5-9-19-16/h2-9H,10-13H2,1H3,(H,20,23). The van der Waals surface area contributed by atoms with Crippen LogP contribution < -0.4 is 10.2 Å². The summed E-state index contributed by atoms with van der Waals surface area (Å²) in [6.07, 6.45) is 1.75. The molecule has 0 spiro atoms. The molecule has 1 fully saturated rings. The molecule has 1 aromatic carbocycles. The Labute approximate surface area is 141 Å². The van der Waals surface area contributed by atoms with Gasteiger partial charge in [0.1, 0.15) is 5.82 Å². The van der Waals surface area contributed by atoms with E-state index in [9.17, 15) is 9.59 Å². The first kappa shape index (κ1) is 16.0. The first-order valence-corrected chi connectivity index (χ1v) is 7.97. The molecule has 0 saturated carbocycles. The Bertz CT molecular complexity index is 725. The van der Waals surface area contributed by atoms with Crippen LogP contribution >= 0.6 is 0 Å². The van der Waals surface area contributed by atoms with Gasteiger partial charge in [-0.2, -0.15) is 0 Å². The molecule has 2 aromatic rings. The molecular weight excluding hydrogens is 304 g/mol. The van der Waals surface area contributed by atoms with E-state index in [0.717, 1.165) is 11.4 Å². The normalized spacial score (nSPS) is 14.4. The van der Waals surface area contributed by atoms with Gasteiger partial charge in [-0.15, -0.1) is 0 Å². The van der Waals surface area contributed by atoms with Gasteiger partial charge in [-0.3, -0.25) is 9.59 Å². The Morgan fingerprint density at radius 1 is 1.00 bits per heavy atom. The number of aryl methyl sites for hydroxylation is 1. The summed E-state index contributed by atoms with van der Waals surface area (Å²) in [5.74, 6) is -0.177. The van der Waals surface area contributed by atoms with Gasteiger partial charge in [-0.25, -0.2) is 4.98 Å². The summed E-state index contributed by atoms with van der Waals surface area (Å²) in [7, 11) is 0. The molecule has 24 heavy (non-hydrogen) atoms. The quantitative estimate of drug-likeness (QED) is 0.854. The number of para-hydroxylation sites is 1. The van der Waals surface area contributed by atoms with Crippen LogP contribution in [0.5, 0.6) is 0 Å². The number of rotatable bonds is 2. The van der Waals surface area contributed by atoms with Crippen LogP contribution in [-0.4, -0.2) is 47.9 Å². The van der Waals surface area contributed by atoms with Crippen molar-refractivity contribution in [3.05, 3.63) is 54.2 Å². The van der Waals surface area contributed by atoms with Gasteiger partial charge >= 0.3 is 11.8 Å². The van der Waals surface area contributed by atoms with E-state index in [1.165, 1.54) is 0 Å². The Kier molecular flexibility index (Phi) is 4.74. The van der Waals surface area contributed by atoms with E-state index in [0.29, 0.717) is 31.9 Å². The zero-order valence-electron chi connectivity index (χ0n) is 13.6. The predicted octanol–water partition coefficient (Wildman–Crippen LogP) is 1.68. The van der Waals surface area contributed by atoms with E-state index in [2.05, 4.69) is 15.2 Å². The minimum Gasteiger partial charge on any atom is -0.353 e. The molecule has 0 unspecified atom stereocenters. The maximum atomic E-state index is 12.3. The van der Waals surface area contributed by atoms with Crippen molar-refractivity contribution in [3.63, 3.8) is 0 Å². The minimum absolute atomic E-state index is 0.487. The fourth-order valence-electron chi connectivity index (χ4n) is 2.71. The highest BCUT2D eigenvalue weighted by Gasteiger charge is 2.26. The number of anilines is 2. The molecule has 0 atom stereocenters. The zero-order chi connectivity index (χ0) is 16.9. The van der Waals surface area contributed by atoms with Gasteiger partial charge in [0.05, 0.1) is 0 Å². The second kappa shape index (κ2) is 7.12. The molecular formula is C18H20N4O2. The van der Waals surface area contributed by atoms with Crippen molar-refractivity contribution in [2.45, 2.75) is 6.92 Å². The minimum atomic E-state index is -0.587. The molecule has 3 rings (SSSR count). The molecule has 2 amide bonds. The number of carbonyl (C=O) groups excluding carboxylic acids is 2. The zero-order valence-corrected chi connectivity index (χ0v) is 13.6. The van der Waals surface area contributed by atoms with Crippen LogP contribution in [0.15, 0.2) is 48.7 Å². The summed E-state index contributed by atoms with van der Waals surface area (Å²) in [5.41, 5.74) is 1.60. The van der Waals surface area contributed by atoms with E-state index in [1.807, 2.05) is 43.3 Å². The topological polar surface area (TPSA) is 65.5 Å². The number of piperazine rings is 1. The monoisotopic (exact) mass is 324 g/mol. The van der Waals surface area contributed by atoms with Crippen molar-refractivity contribution in [1.82, 2.24) is 9.88 Å². The highest BCUT2D eigenvalue weighted by Crippen LogP contribution is 2.15. The van der Waals surface area contributed by atoms with E-state index in [4.69, 9.17) is 0 Å². The molecule has 0 aliphatic carbocycles. The first-order chi connectivity index (χ1) is 11.6. The second-order valence-corrected chi connectivity index (χ2v) is 5.74. The molecule has 0 radical (unpaired) electrons. The van der Waals surface area contributed by atoms with Crippen LogP contribution in [0, 0.1) is 6.92 Å². The summed E-state index contributed by atoms with van der Waals surface area (Å²) >= 11 is 0. The highest BCUT2D eigenvalue weighted by atomic mass is 16.2. The van der Waals surface area contributed by atoms with Gasteiger partial charge in [0.25, 0.3) is 0 Å². The maximum absolute atomic E-state index is 12.3. The van der Waals surface area contributed by atoms with Crippen LogP contribution in [0.4, 0.5) is 11.5 Å². The smallest absolute Gasteiger partial charge is 0.313 e. The lowest BCUT2D eigenvalue weighted by Gasteiger charge is -2.35. The van der Waals surface area contributed by atoms with Crippen molar-refractivity contribution in [2.24, 2.45) is 0 Å².